The third kappa shape index (κ3) is 5.82. The van der Waals surface area contributed by atoms with E-state index in [1.807, 2.05) is 44.2 Å². The van der Waals surface area contributed by atoms with E-state index in [2.05, 4.69) is 30.6 Å². The molecular formula is C27H41N3O3S. The fourth-order valence-electron chi connectivity index (χ4n) is 5.06. The largest absolute Gasteiger partial charge is 0.508 e. The van der Waals surface area contributed by atoms with Crippen molar-refractivity contribution >= 4 is 10.0 Å². The van der Waals surface area contributed by atoms with Crippen LogP contribution < -0.4 is 0 Å². The van der Waals surface area contributed by atoms with Gasteiger partial charge in [0.25, 0.3) is 0 Å². The lowest BCUT2D eigenvalue weighted by Gasteiger charge is -2.47. The number of benzene rings is 2. The molecule has 2 aromatic rings. The molecule has 0 bridgehead atoms. The molecular weight excluding hydrogens is 446 g/mol. The molecule has 1 aliphatic heterocycles. The number of rotatable bonds is 10. The lowest BCUT2D eigenvalue weighted by Crippen LogP contribution is -2.57. The van der Waals surface area contributed by atoms with Crippen molar-refractivity contribution in [1.29, 1.82) is 0 Å². The summed E-state index contributed by atoms with van der Waals surface area (Å²) >= 11 is 0. The van der Waals surface area contributed by atoms with Gasteiger partial charge in [-0.1, -0.05) is 51.5 Å². The smallest absolute Gasteiger partial charge is 0.243 e. The second kappa shape index (κ2) is 11.7. The molecule has 0 unspecified atom stereocenters. The number of phenols is 1. The Morgan fingerprint density at radius 2 is 1.65 bits per heavy atom. The number of unbranched alkanes of at least 4 members (excludes halogenated alkanes) is 1. The van der Waals surface area contributed by atoms with Crippen LogP contribution in [0.15, 0.2) is 53.4 Å². The van der Waals surface area contributed by atoms with Crippen LogP contribution in [0.4, 0.5) is 0 Å². The molecule has 1 aliphatic rings. The van der Waals surface area contributed by atoms with E-state index in [9.17, 15) is 13.5 Å². The van der Waals surface area contributed by atoms with Gasteiger partial charge in [0, 0.05) is 38.3 Å². The zero-order valence-corrected chi connectivity index (χ0v) is 22.1. The molecule has 1 heterocycles. The van der Waals surface area contributed by atoms with Gasteiger partial charge in [-0.25, -0.2) is 8.42 Å². The van der Waals surface area contributed by atoms with E-state index in [0.717, 1.165) is 30.8 Å². The van der Waals surface area contributed by atoms with E-state index in [1.165, 1.54) is 17.1 Å². The Morgan fingerprint density at radius 1 is 0.971 bits per heavy atom. The second-order valence-corrected chi connectivity index (χ2v) is 11.3. The molecule has 2 aromatic carbocycles. The first-order valence-corrected chi connectivity index (χ1v) is 14.1. The molecule has 1 saturated heterocycles. The second-order valence-electron chi connectivity index (χ2n) is 9.40. The minimum absolute atomic E-state index is 0.0666. The van der Waals surface area contributed by atoms with E-state index in [1.54, 1.807) is 18.2 Å². The van der Waals surface area contributed by atoms with Crippen molar-refractivity contribution in [3.05, 3.63) is 59.7 Å². The maximum atomic E-state index is 13.0. The van der Waals surface area contributed by atoms with E-state index in [-0.39, 0.29) is 11.8 Å². The van der Waals surface area contributed by atoms with Crippen LogP contribution in [0.3, 0.4) is 0 Å². The van der Waals surface area contributed by atoms with Gasteiger partial charge >= 0.3 is 0 Å². The van der Waals surface area contributed by atoms with Crippen molar-refractivity contribution in [2.24, 2.45) is 0 Å². The third-order valence-electron chi connectivity index (χ3n) is 7.02. The van der Waals surface area contributed by atoms with Gasteiger partial charge in [-0.05, 0) is 62.2 Å². The van der Waals surface area contributed by atoms with Crippen LogP contribution in [0.25, 0.3) is 0 Å². The molecule has 1 N–H and O–H groups in total. The van der Waals surface area contributed by atoms with Crippen molar-refractivity contribution in [3.63, 3.8) is 0 Å². The normalized spacial score (nSPS) is 21.1. The SMILES string of the molecule is CCCCN1C[C@H](C)N([C@H](c2ccc(S(=O)(=O)N(CC)CC)cc2)c2cccc(O)c2)C[C@H]1C. The topological polar surface area (TPSA) is 64.1 Å². The molecule has 7 heteroatoms. The molecule has 0 aliphatic carbocycles. The standard InChI is InChI=1S/C27H41N3O3S/c1-6-9-17-28-19-22(5)30(20-21(28)4)27(24-11-10-12-25(31)18-24)23-13-15-26(16-14-23)34(32,33)29(7-2)8-3/h10-16,18,21-22,27,31H,6-9,17,19-20H2,1-5H3/t21-,22+,27-/m1/s1. The van der Waals surface area contributed by atoms with E-state index in [0.29, 0.717) is 30.1 Å². The van der Waals surface area contributed by atoms with Gasteiger partial charge in [-0.15, -0.1) is 0 Å². The predicted octanol–water partition coefficient (Wildman–Crippen LogP) is 4.71. The summed E-state index contributed by atoms with van der Waals surface area (Å²) in [6.07, 6.45) is 2.39. The first-order valence-electron chi connectivity index (χ1n) is 12.6. The fraction of sp³-hybridized carbons (Fsp3) is 0.556. The summed E-state index contributed by atoms with van der Waals surface area (Å²) < 4.78 is 27.5. The number of phenolic OH excluding ortho intramolecular Hbond substituents is 1. The molecule has 0 amide bonds. The summed E-state index contributed by atoms with van der Waals surface area (Å²) in [5, 5.41) is 10.2. The molecule has 188 valence electrons. The zero-order chi connectivity index (χ0) is 24.9. The summed E-state index contributed by atoms with van der Waals surface area (Å²) in [7, 11) is -3.50. The maximum Gasteiger partial charge on any atom is 0.243 e. The predicted molar refractivity (Wildman–Crippen MR) is 139 cm³/mol. The molecule has 0 spiro atoms. The Bertz CT molecular complexity index is 1020. The number of nitrogens with zero attached hydrogens (tertiary/aromatic N) is 3. The van der Waals surface area contributed by atoms with E-state index < -0.39 is 10.0 Å². The van der Waals surface area contributed by atoms with Crippen molar-refractivity contribution < 1.29 is 13.5 Å². The number of hydrogen-bond donors (Lipinski definition) is 1. The van der Waals surface area contributed by atoms with Crippen LogP contribution in [0.5, 0.6) is 5.75 Å². The average molecular weight is 488 g/mol. The quantitative estimate of drug-likeness (QED) is 0.526. The van der Waals surface area contributed by atoms with Crippen LogP contribution in [0.1, 0.15) is 64.6 Å². The molecule has 0 aromatic heterocycles. The summed E-state index contributed by atoms with van der Waals surface area (Å²) in [6, 6.07) is 15.4. The molecule has 3 rings (SSSR count). The monoisotopic (exact) mass is 487 g/mol. The summed E-state index contributed by atoms with van der Waals surface area (Å²) in [6.45, 7) is 14.4. The molecule has 6 nitrogen and oxygen atoms in total. The Labute approximate surface area is 206 Å². The fourth-order valence-corrected chi connectivity index (χ4v) is 6.52. The molecule has 0 saturated carbocycles. The number of hydrogen-bond acceptors (Lipinski definition) is 5. The lowest BCUT2D eigenvalue weighted by atomic mass is 9.93. The highest BCUT2D eigenvalue weighted by atomic mass is 32.2. The molecule has 1 fully saturated rings. The Balaban J connectivity index is 1.97. The van der Waals surface area contributed by atoms with Crippen molar-refractivity contribution in [2.75, 3.05) is 32.7 Å². The summed E-state index contributed by atoms with van der Waals surface area (Å²) in [4.78, 5) is 5.39. The van der Waals surface area contributed by atoms with Gasteiger partial charge in [0.05, 0.1) is 10.9 Å². The van der Waals surface area contributed by atoms with Gasteiger partial charge in [-0.3, -0.25) is 9.80 Å². The number of aromatic hydroxyl groups is 1. The molecule has 3 atom stereocenters. The Hall–Kier alpha value is -1.93. The van der Waals surface area contributed by atoms with Crippen LogP contribution in [-0.2, 0) is 10.0 Å². The van der Waals surface area contributed by atoms with Crippen LogP contribution in [-0.4, -0.2) is 72.4 Å². The van der Waals surface area contributed by atoms with Crippen LogP contribution in [0, 0.1) is 0 Å². The zero-order valence-electron chi connectivity index (χ0n) is 21.3. The molecule has 34 heavy (non-hydrogen) atoms. The minimum atomic E-state index is -3.50. The van der Waals surface area contributed by atoms with Gasteiger partial charge in [0.1, 0.15) is 5.75 Å². The first kappa shape index (κ1) is 26.7. The van der Waals surface area contributed by atoms with E-state index in [4.69, 9.17) is 0 Å². The Kier molecular flexibility index (Phi) is 9.15. The van der Waals surface area contributed by atoms with Gasteiger partial charge in [-0.2, -0.15) is 4.31 Å². The third-order valence-corrected chi connectivity index (χ3v) is 9.08. The highest BCUT2D eigenvalue weighted by Gasteiger charge is 2.35. The van der Waals surface area contributed by atoms with Crippen molar-refractivity contribution in [1.82, 2.24) is 14.1 Å². The lowest BCUT2D eigenvalue weighted by molar-refractivity contribution is 0.0234. The van der Waals surface area contributed by atoms with Crippen LogP contribution >= 0.6 is 0 Å². The first-order chi connectivity index (χ1) is 16.2. The summed E-state index contributed by atoms with van der Waals surface area (Å²) in [5.74, 6) is 0.241. The Morgan fingerprint density at radius 3 is 2.24 bits per heavy atom. The average Bonchev–Trinajstić information content (AvgIpc) is 2.81. The summed E-state index contributed by atoms with van der Waals surface area (Å²) in [5.41, 5.74) is 2.05. The highest BCUT2D eigenvalue weighted by Crippen LogP contribution is 2.35. The highest BCUT2D eigenvalue weighted by molar-refractivity contribution is 7.89. The van der Waals surface area contributed by atoms with E-state index >= 15 is 0 Å². The van der Waals surface area contributed by atoms with Gasteiger partial charge < -0.3 is 5.11 Å². The van der Waals surface area contributed by atoms with Gasteiger partial charge in [0.15, 0.2) is 0 Å². The van der Waals surface area contributed by atoms with Crippen LogP contribution in [0.2, 0.25) is 0 Å². The van der Waals surface area contributed by atoms with Gasteiger partial charge in [0.2, 0.25) is 10.0 Å². The van der Waals surface area contributed by atoms with Crippen molar-refractivity contribution in [3.8, 4) is 5.75 Å². The number of piperazine rings is 1. The molecule has 0 radical (unpaired) electrons. The minimum Gasteiger partial charge on any atom is -0.508 e. The van der Waals surface area contributed by atoms with Crippen molar-refractivity contribution in [2.45, 2.75) is 70.5 Å². The number of sulfonamides is 1. The maximum absolute atomic E-state index is 13.0.